The van der Waals surface area contributed by atoms with Crippen LogP contribution in [-0.4, -0.2) is 28.5 Å². The van der Waals surface area contributed by atoms with Crippen LogP contribution in [0.5, 0.6) is 0 Å². The molecule has 1 N–H and O–H groups in total. The van der Waals surface area contributed by atoms with Crippen LogP contribution in [0.3, 0.4) is 0 Å². The minimum atomic E-state index is -0.424. The van der Waals surface area contributed by atoms with Gasteiger partial charge in [-0.15, -0.1) is 0 Å². The normalized spacial score (nSPS) is 18.8. The van der Waals surface area contributed by atoms with Crippen molar-refractivity contribution in [2.75, 3.05) is 23.3 Å². The summed E-state index contributed by atoms with van der Waals surface area (Å²) >= 11 is 0. The molecule has 2 aliphatic heterocycles. The minimum Gasteiger partial charge on any atom is -0.365 e. The van der Waals surface area contributed by atoms with E-state index in [0.717, 1.165) is 12.1 Å². The zero-order valence-corrected chi connectivity index (χ0v) is 19.8. The van der Waals surface area contributed by atoms with Crippen LogP contribution in [0.15, 0.2) is 65.5 Å². The van der Waals surface area contributed by atoms with Crippen molar-refractivity contribution >= 4 is 23.0 Å². The van der Waals surface area contributed by atoms with E-state index in [1.54, 1.807) is 24.3 Å². The number of anilines is 2. The standard InChI is InChI=1S/C27H28N4O4/c1-17(2)19-6-9-22(10-7-19)28-27(33)20-8-11-24(25(13-20)31(34)35)29-14-18-12-21(16-29)23-4-3-5-26(32)30(23)15-18/h3-11,13,17-18,21H,12,14-16H2,1-2H3,(H,28,33). The van der Waals surface area contributed by atoms with E-state index in [-0.39, 0.29) is 34.6 Å². The number of fused-ring (bicyclic) bond motifs is 4. The molecule has 3 heterocycles. The van der Waals surface area contributed by atoms with Gasteiger partial charge in [-0.2, -0.15) is 0 Å². The van der Waals surface area contributed by atoms with Gasteiger partial charge in [-0.3, -0.25) is 19.7 Å². The topological polar surface area (TPSA) is 97.5 Å². The highest BCUT2D eigenvalue weighted by Crippen LogP contribution is 2.39. The Hall–Kier alpha value is -3.94. The number of nitrogens with zero attached hydrogens (tertiary/aromatic N) is 3. The van der Waals surface area contributed by atoms with Gasteiger partial charge in [-0.05, 0) is 54.2 Å². The number of pyridine rings is 1. The molecule has 3 aromatic rings. The van der Waals surface area contributed by atoms with Crippen molar-refractivity contribution in [3.63, 3.8) is 0 Å². The van der Waals surface area contributed by atoms with Crippen molar-refractivity contribution in [1.29, 1.82) is 0 Å². The van der Waals surface area contributed by atoms with Gasteiger partial charge < -0.3 is 14.8 Å². The molecule has 2 bridgehead atoms. The fourth-order valence-corrected chi connectivity index (χ4v) is 5.33. The van der Waals surface area contributed by atoms with Crippen molar-refractivity contribution in [3.8, 4) is 0 Å². The number of nitro benzene ring substituents is 1. The highest BCUT2D eigenvalue weighted by molar-refractivity contribution is 6.05. The monoisotopic (exact) mass is 472 g/mol. The first-order valence-corrected chi connectivity index (χ1v) is 11.9. The zero-order chi connectivity index (χ0) is 24.7. The molecule has 2 aliphatic rings. The maximum absolute atomic E-state index is 12.8. The number of rotatable bonds is 5. The Morgan fingerprint density at radius 1 is 1.06 bits per heavy atom. The van der Waals surface area contributed by atoms with E-state index in [2.05, 4.69) is 19.2 Å². The highest BCUT2D eigenvalue weighted by Gasteiger charge is 2.36. The third-order valence-electron chi connectivity index (χ3n) is 7.09. The number of benzene rings is 2. The molecule has 0 radical (unpaired) electrons. The molecular weight excluding hydrogens is 444 g/mol. The van der Waals surface area contributed by atoms with Crippen LogP contribution in [0.25, 0.3) is 0 Å². The number of piperidine rings is 1. The lowest BCUT2D eigenvalue weighted by atomic mass is 9.83. The number of nitrogens with one attached hydrogen (secondary N) is 1. The summed E-state index contributed by atoms with van der Waals surface area (Å²) in [5, 5.41) is 14.8. The van der Waals surface area contributed by atoms with E-state index in [1.165, 1.54) is 11.6 Å². The van der Waals surface area contributed by atoms with E-state index in [9.17, 15) is 19.7 Å². The second-order valence-corrected chi connectivity index (χ2v) is 9.79. The smallest absolute Gasteiger partial charge is 0.293 e. The number of carbonyl (C=O) groups excluding carboxylic acids is 1. The second-order valence-electron chi connectivity index (χ2n) is 9.79. The molecule has 1 saturated heterocycles. The molecule has 1 amide bonds. The Morgan fingerprint density at radius 3 is 2.54 bits per heavy atom. The molecule has 2 atom stereocenters. The summed E-state index contributed by atoms with van der Waals surface area (Å²) in [7, 11) is 0. The number of hydrogen-bond donors (Lipinski definition) is 1. The molecule has 8 heteroatoms. The maximum atomic E-state index is 12.8. The minimum absolute atomic E-state index is 0.00541. The zero-order valence-electron chi connectivity index (χ0n) is 19.8. The second kappa shape index (κ2) is 9.02. The molecule has 0 saturated carbocycles. The summed E-state index contributed by atoms with van der Waals surface area (Å²) in [6.07, 6.45) is 0.962. The number of amides is 1. The largest absolute Gasteiger partial charge is 0.365 e. The van der Waals surface area contributed by atoms with Gasteiger partial charge in [0.1, 0.15) is 5.69 Å². The van der Waals surface area contributed by atoms with Gasteiger partial charge >= 0.3 is 0 Å². The summed E-state index contributed by atoms with van der Waals surface area (Å²) in [6.45, 7) is 6.04. The molecule has 1 aromatic heterocycles. The Kier molecular flexibility index (Phi) is 5.88. The molecule has 35 heavy (non-hydrogen) atoms. The van der Waals surface area contributed by atoms with Gasteiger partial charge in [-0.1, -0.05) is 32.0 Å². The van der Waals surface area contributed by atoms with Crippen molar-refractivity contribution in [2.45, 2.75) is 38.6 Å². The molecule has 2 unspecified atom stereocenters. The summed E-state index contributed by atoms with van der Waals surface area (Å²) in [5.41, 5.74) is 3.46. The lowest BCUT2D eigenvalue weighted by Gasteiger charge is -2.43. The average Bonchev–Trinajstić information content (AvgIpc) is 2.84. The highest BCUT2D eigenvalue weighted by atomic mass is 16.6. The van der Waals surface area contributed by atoms with E-state index < -0.39 is 4.92 Å². The summed E-state index contributed by atoms with van der Waals surface area (Å²) in [4.78, 5) is 38.7. The van der Waals surface area contributed by atoms with Crippen LogP contribution in [0, 0.1) is 16.0 Å². The molecule has 1 fully saturated rings. The molecule has 5 rings (SSSR count). The van der Waals surface area contributed by atoms with Gasteiger partial charge in [-0.25, -0.2) is 0 Å². The van der Waals surface area contributed by atoms with E-state index >= 15 is 0 Å². The molecule has 8 nitrogen and oxygen atoms in total. The maximum Gasteiger partial charge on any atom is 0.293 e. The molecular formula is C27H28N4O4. The number of carbonyl (C=O) groups is 1. The third kappa shape index (κ3) is 4.43. The van der Waals surface area contributed by atoms with Crippen LogP contribution < -0.4 is 15.8 Å². The van der Waals surface area contributed by atoms with Gasteiger partial charge in [0.2, 0.25) is 0 Å². The van der Waals surface area contributed by atoms with Crippen molar-refractivity contribution in [2.24, 2.45) is 5.92 Å². The molecule has 180 valence electrons. The van der Waals surface area contributed by atoms with E-state index in [1.807, 2.05) is 39.8 Å². The van der Waals surface area contributed by atoms with Crippen molar-refractivity contribution < 1.29 is 9.72 Å². The Labute approximate surface area is 203 Å². The predicted molar refractivity (Wildman–Crippen MR) is 135 cm³/mol. The molecule has 2 aromatic carbocycles. The first-order chi connectivity index (χ1) is 16.8. The predicted octanol–water partition coefficient (Wildman–Crippen LogP) is 4.76. The van der Waals surface area contributed by atoms with Gasteiger partial charge in [0, 0.05) is 54.6 Å². The van der Waals surface area contributed by atoms with E-state index in [0.29, 0.717) is 36.9 Å². The average molecular weight is 473 g/mol. The number of hydrogen-bond acceptors (Lipinski definition) is 5. The number of aromatic nitrogens is 1. The molecule has 0 aliphatic carbocycles. The van der Waals surface area contributed by atoms with Gasteiger partial charge in [0.05, 0.1) is 4.92 Å². The van der Waals surface area contributed by atoms with E-state index in [4.69, 9.17) is 0 Å². The quantitative estimate of drug-likeness (QED) is 0.427. The fraction of sp³-hybridized carbons (Fsp3) is 0.333. The summed E-state index contributed by atoms with van der Waals surface area (Å²) < 4.78 is 1.84. The van der Waals surface area contributed by atoms with Crippen molar-refractivity contribution in [1.82, 2.24) is 4.57 Å². The van der Waals surface area contributed by atoms with Crippen LogP contribution in [0.2, 0.25) is 0 Å². The Morgan fingerprint density at radius 2 is 1.83 bits per heavy atom. The lowest BCUT2D eigenvalue weighted by Crippen LogP contribution is -2.47. The first kappa shape index (κ1) is 22.8. The van der Waals surface area contributed by atoms with Gasteiger partial charge in [0.25, 0.3) is 17.2 Å². The lowest BCUT2D eigenvalue weighted by molar-refractivity contribution is -0.384. The fourth-order valence-electron chi connectivity index (χ4n) is 5.33. The van der Waals surface area contributed by atoms with Crippen LogP contribution >= 0.6 is 0 Å². The summed E-state index contributed by atoms with van der Waals surface area (Å²) in [6, 6.07) is 17.6. The van der Waals surface area contributed by atoms with Gasteiger partial charge in [0.15, 0.2) is 0 Å². The third-order valence-corrected chi connectivity index (χ3v) is 7.09. The Balaban J connectivity index is 1.39. The van der Waals surface area contributed by atoms with Crippen LogP contribution in [0.1, 0.15) is 53.7 Å². The molecule has 0 spiro atoms. The van der Waals surface area contributed by atoms with Crippen molar-refractivity contribution in [3.05, 3.63) is 98.0 Å². The number of nitro groups is 1. The first-order valence-electron chi connectivity index (χ1n) is 11.9. The summed E-state index contributed by atoms with van der Waals surface area (Å²) in [5.74, 6) is 0.366. The Bertz CT molecular complexity index is 1350. The van der Waals surface area contributed by atoms with Crippen LogP contribution in [-0.2, 0) is 6.54 Å². The SMILES string of the molecule is CC(C)c1ccc(NC(=O)c2ccc(N3CC4CC(C3)c3cccc(=O)n3C4)c([N+](=O)[O-])c2)cc1. The van der Waals surface area contributed by atoms with Crippen LogP contribution in [0.4, 0.5) is 17.1 Å².